The molecule has 0 bridgehead atoms. The van der Waals surface area contributed by atoms with Crippen LogP contribution in [-0.4, -0.2) is 39.4 Å². The molecule has 0 aliphatic carbocycles. The van der Waals surface area contributed by atoms with Gasteiger partial charge in [-0.25, -0.2) is 0 Å². The van der Waals surface area contributed by atoms with E-state index in [1.807, 2.05) is 6.92 Å². The standard InChI is InChI=1S/C13H20N2O3/c1-10-11(4-3-5-12(10)14)13(16)15-6-7-18-9-8-17-2/h3-5H,6-9,14H2,1-2H3,(H,15,16). The van der Waals surface area contributed by atoms with E-state index in [1.54, 1.807) is 25.3 Å². The van der Waals surface area contributed by atoms with Crippen LogP contribution in [0.5, 0.6) is 0 Å². The van der Waals surface area contributed by atoms with Crippen molar-refractivity contribution in [3.8, 4) is 0 Å². The maximum atomic E-state index is 11.9. The number of amides is 1. The summed E-state index contributed by atoms with van der Waals surface area (Å²) in [6, 6.07) is 5.30. The van der Waals surface area contributed by atoms with Gasteiger partial charge in [0.15, 0.2) is 0 Å². The Morgan fingerprint density at radius 2 is 2.11 bits per heavy atom. The van der Waals surface area contributed by atoms with Crippen LogP contribution in [-0.2, 0) is 9.47 Å². The van der Waals surface area contributed by atoms with Crippen LogP contribution >= 0.6 is 0 Å². The summed E-state index contributed by atoms with van der Waals surface area (Å²) in [6.45, 7) is 3.86. The highest BCUT2D eigenvalue weighted by molar-refractivity contribution is 5.96. The molecule has 3 N–H and O–H groups in total. The number of nitrogens with one attached hydrogen (secondary N) is 1. The second-order valence-electron chi connectivity index (χ2n) is 3.88. The summed E-state index contributed by atoms with van der Waals surface area (Å²) in [5, 5.41) is 2.78. The lowest BCUT2D eigenvalue weighted by atomic mass is 10.1. The van der Waals surface area contributed by atoms with Crippen molar-refractivity contribution in [3.63, 3.8) is 0 Å². The number of hydrogen-bond donors (Lipinski definition) is 2. The molecule has 0 radical (unpaired) electrons. The minimum atomic E-state index is -0.129. The van der Waals surface area contributed by atoms with Gasteiger partial charge in [0.25, 0.3) is 5.91 Å². The highest BCUT2D eigenvalue weighted by Crippen LogP contribution is 2.14. The number of methoxy groups -OCH3 is 1. The van der Waals surface area contributed by atoms with Gasteiger partial charge < -0.3 is 20.5 Å². The van der Waals surface area contributed by atoms with Crippen LogP contribution in [0.25, 0.3) is 0 Å². The molecule has 0 aliphatic rings. The summed E-state index contributed by atoms with van der Waals surface area (Å²) in [5.74, 6) is -0.129. The molecule has 18 heavy (non-hydrogen) atoms. The number of ether oxygens (including phenoxy) is 2. The second-order valence-corrected chi connectivity index (χ2v) is 3.88. The Morgan fingerprint density at radius 3 is 2.83 bits per heavy atom. The second kappa shape index (κ2) is 7.68. The average Bonchev–Trinajstić information content (AvgIpc) is 2.36. The summed E-state index contributed by atoms with van der Waals surface area (Å²) >= 11 is 0. The molecule has 100 valence electrons. The van der Waals surface area contributed by atoms with Crippen molar-refractivity contribution in [2.24, 2.45) is 0 Å². The average molecular weight is 252 g/mol. The highest BCUT2D eigenvalue weighted by Gasteiger charge is 2.09. The third-order valence-corrected chi connectivity index (χ3v) is 2.58. The molecule has 0 aromatic heterocycles. The minimum absolute atomic E-state index is 0.129. The zero-order valence-corrected chi connectivity index (χ0v) is 10.9. The predicted octanol–water partition coefficient (Wildman–Crippen LogP) is 0.970. The SMILES string of the molecule is COCCOCCNC(=O)c1cccc(N)c1C. The van der Waals surface area contributed by atoms with Crippen LogP contribution in [0.3, 0.4) is 0 Å². The van der Waals surface area contributed by atoms with E-state index in [9.17, 15) is 4.79 Å². The zero-order valence-electron chi connectivity index (χ0n) is 10.9. The van der Waals surface area contributed by atoms with E-state index in [-0.39, 0.29) is 5.91 Å². The van der Waals surface area contributed by atoms with Crippen molar-refractivity contribution >= 4 is 11.6 Å². The van der Waals surface area contributed by atoms with Gasteiger partial charge >= 0.3 is 0 Å². The van der Waals surface area contributed by atoms with Crippen molar-refractivity contribution < 1.29 is 14.3 Å². The molecule has 0 heterocycles. The summed E-state index contributed by atoms with van der Waals surface area (Å²) in [7, 11) is 1.62. The van der Waals surface area contributed by atoms with Gasteiger partial charge in [0, 0.05) is 24.9 Å². The summed E-state index contributed by atoms with van der Waals surface area (Å²) in [4.78, 5) is 11.9. The maximum absolute atomic E-state index is 11.9. The van der Waals surface area contributed by atoms with Gasteiger partial charge in [-0.05, 0) is 24.6 Å². The van der Waals surface area contributed by atoms with Gasteiger partial charge in [-0.1, -0.05) is 6.07 Å². The van der Waals surface area contributed by atoms with Crippen molar-refractivity contribution in [3.05, 3.63) is 29.3 Å². The van der Waals surface area contributed by atoms with Crippen LogP contribution in [0, 0.1) is 6.92 Å². The Morgan fingerprint density at radius 1 is 1.33 bits per heavy atom. The van der Waals surface area contributed by atoms with Crippen molar-refractivity contribution in [1.82, 2.24) is 5.32 Å². The van der Waals surface area contributed by atoms with Crippen molar-refractivity contribution in [1.29, 1.82) is 0 Å². The molecule has 1 rings (SSSR count). The molecule has 1 aromatic carbocycles. The molecule has 1 amide bonds. The zero-order chi connectivity index (χ0) is 13.4. The monoisotopic (exact) mass is 252 g/mol. The number of anilines is 1. The fraction of sp³-hybridized carbons (Fsp3) is 0.462. The van der Waals surface area contributed by atoms with E-state index >= 15 is 0 Å². The Balaban J connectivity index is 2.35. The number of rotatable bonds is 7. The van der Waals surface area contributed by atoms with Gasteiger partial charge in [0.2, 0.25) is 0 Å². The first-order chi connectivity index (χ1) is 8.66. The first kappa shape index (κ1) is 14.5. The topological polar surface area (TPSA) is 73.6 Å². The summed E-state index contributed by atoms with van der Waals surface area (Å²) < 4.78 is 10.1. The maximum Gasteiger partial charge on any atom is 0.251 e. The lowest BCUT2D eigenvalue weighted by molar-refractivity contribution is 0.0692. The van der Waals surface area contributed by atoms with Gasteiger partial charge in [0.05, 0.1) is 19.8 Å². The van der Waals surface area contributed by atoms with Gasteiger partial charge in [-0.2, -0.15) is 0 Å². The predicted molar refractivity (Wildman–Crippen MR) is 70.6 cm³/mol. The summed E-state index contributed by atoms with van der Waals surface area (Å²) in [5.41, 5.74) is 7.78. The van der Waals surface area contributed by atoms with Crippen LogP contribution in [0.1, 0.15) is 15.9 Å². The molecule has 0 fully saturated rings. The van der Waals surface area contributed by atoms with E-state index in [0.29, 0.717) is 37.6 Å². The Kier molecular flexibility index (Phi) is 6.18. The fourth-order valence-corrected chi connectivity index (χ4v) is 1.48. The minimum Gasteiger partial charge on any atom is -0.398 e. The smallest absolute Gasteiger partial charge is 0.251 e. The van der Waals surface area contributed by atoms with Crippen LogP contribution in [0.2, 0.25) is 0 Å². The highest BCUT2D eigenvalue weighted by atomic mass is 16.5. The van der Waals surface area contributed by atoms with Crippen LogP contribution < -0.4 is 11.1 Å². The first-order valence-corrected chi connectivity index (χ1v) is 5.86. The van der Waals surface area contributed by atoms with E-state index in [4.69, 9.17) is 15.2 Å². The number of hydrogen-bond acceptors (Lipinski definition) is 4. The molecule has 1 aromatic rings. The first-order valence-electron chi connectivity index (χ1n) is 5.86. The Bertz CT molecular complexity index is 394. The Hall–Kier alpha value is -1.59. The molecular formula is C13H20N2O3. The molecule has 5 heteroatoms. The third kappa shape index (κ3) is 4.35. The normalized spacial score (nSPS) is 10.3. The Labute approximate surface area is 107 Å². The molecule has 5 nitrogen and oxygen atoms in total. The van der Waals surface area contributed by atoms with Crippen LogP contribution in [0.4, 0.5) is 5.69 Å². The third-order valence-electron chi connectivity index (χ3n) is 2.58. The van der Waals surface area contributed by atoms with Gasteiger partial charge in [-0.15, -0.1) is 0 Å². The van der Waals surface area contributed by atoms with E-state index in [1.165, 1.54) is 0 Å². The lowest BCUT2D eigenvalue weighted by Crippen LogP contribution is -2.28. The van der Waals surface area contributed by atoms with E-state index in [2.05, 4.69) is 5.32 Å². The van der Waals surface area contributed by atoms with Crippen molar-refractivity contribution in [2.75, 3.05) is 39.2 Å². The molecule has 0 spiro atoms. The van der Waals surface area contributed by atoms with E-state index in [0.717, 1.165) is 5.56 Å². The fourth-order valence-electron chi connectivity index (χ4n) is 1.48. The van der Waals surface area contributed by atoms with Gasteiger partial charge in [0.1, 0.15) is 0 Å². The molecule has 0 saturated heterocycles. The number of benzene rings is 1. The number of carbonyl (C=O) groups is 1. The van der Waals surface area contributed by atoms with Gasteiger partial charge in [-0.3, -0.25) is 4.79 Å². The molecular weight excluding hydrogens is 232 g/mol. The number of nitrogen functional groups attached to an aromatic ring is 1. The van der Waals surface area contributed by atoms with Crippen molar-refractivity contribution in [2.45, 2.75) is 6.92 Å². The quantitative estimate of drug-likeness (QED) is 0.560. The van der Waals surface area contributed by atoms with Crippen LogP contribution in [0.15, 0.2) is 18.2 Å². The summed E-state index contributed by atoms with van der Waals surface area (Å²) in [6.07, 6.45) is 0. The lowest BCUT2D eigenvalue weighted by Gasteiger charge is -2.09. The van der Waals surface area contributed by atoms with E-state index < -0.39 is 0 Å². The number of nitrogens with two attached hydrogens (primary N) is 1. The molecule has 0 saturated carbocycles. The largest absolute Gasteiger partial charge is 0.398 e. The molecule has 0 aliphatic heterocycles. The number of carbonyl (C=O) groups excluding carboxylic acids is 1. The molecule has 0 atom stereocenters. The molecule has 0 unspecified atom stereocenters.